The van der Waals surface area contributed by atoms with Crippen molar-refractivity contribution >= 4 is 6.09 Å². The summed E-state index contributed by atoms with van der Waals surface area (Å²) in [4.78, 5) is 11.2. The fourth-order valence-corrected chi connectivity index (χ4v) is 1.17. The average molecular weight is 161 g/mol. The third-order valence-electron chi connectivity index (χ3n) is 1.81. The van der Waals surface area contributed by atoms with Crippen molar-refractivity contribution in [2.24, 2.45) is 0 Å². The molecule has 0 radical (unpaired) electrons. The van der Waals surface area contributed by atoms with Crippen LogP contribution in [0.5, 0.6) is 0 Å². The normalized spacial score (nSPS) is 32.0. The van der Waals surface area contributed by atoms with Crippen LogP contribution in [0.2, 0.25) is 0 Å². The second-order valence-corrected chi connectivity index (χ2v) is 2.60. The topological polar surface area (TPSA) is 81.0 Å². The van der Waals surface area contributed by atoms with Crippen LogP contribution in [0, 0.1) is 0 Å². The van der Waals surface area contributed by atoms with Gasteiger partial charge < -0.3 is 15.3 Å². The molecule has 0 aliphatic carbocycles. The Balaban J connectivity index is 2.58. The van der Waals surface area contributed by atoms with E-state index in [4.69, 9.17) is 15.3 Å². The molecular weight excluding hydrogens is 150 g/mol. The number of aliphatic hydroxyl groups excluding tert-OH is 2. The summed E-state index contributed by atoms with van der Waals surface area (Å²) < 4.78 is 0. The van der Waals surface area contributed by atoms with Crippen molar-refractivity contribution in [3.8, 4) is 0 Å². The van der Waals surface area contributed by atoms with Crippen molar-refractivity contribution in [2.75, 3.05) is 6.54 Å². The van der Waals surface area contributed by atoms with E-state index in [1.165, 1.54) is 0 Å². The Kier molecular flexibility index (Phi) is 2.31. The Morgan fingerprint density at radius 1 is 1.45 bits per heavy atom. The van der Waals surface area contributed by atoms with Gasteiger partial charge in [0.25, 0.3) is 0 Å². The standard InChI is InChI=1S/C6H11NO4/c8-4-2-1-3-7(5(4)9)6(10)11/h4-5,8-9H,1-3H2,(H,10,11). The van der Waals surface area contributed by atoms with Gasteiger partial charge in [-0.2, -0.15) is 0 Å². The summed E-state index contributed by atoms with van der Waals surface area (Å²) in [5.74, 6) is 0. The molecule has 5 heteroatoms. The zero-order chi connectivity index (χ0) is 8.43. The van der Waals surface area contributed by atoms with Crippen molar-refractivity contribution in [3.05, 3.63) is 0 Å². The molecule has 1 heterocycles. The largest absolute Gasteiger partial charge is 0.465 e. The molecule has 1 saturated heterocycles. The number of likely N-dealkylation sites (tertiary alicyclic amines) is 1. The van der Waals surface area contributed by atoms with Gasteiger partial charge >= 0.3 is 6.09 Å². The summed E-state index contributed by atoms with van der Waals surface area (Å²) in [5.41, 5.74) is 0. The van der Waals surface area contributed by atoms with Gasteiger partial charge in [-0.3, -0.25) is 4.90 Å². The first-order valence-electron chi connectivity index (χ1n) is 3.48. The Labute approximate surface area is 63.9 Å². The van der Waals surface area contributed by atoms with Crippen molar-refractivity contribution < 1.29 is 20.1 Å². The van der Waals surface area contributed by atoms with E-state index >= 15 is 0 Å². The second kappa shape index (κ2) is 3.06. The molecule has 0 aromatic rings. The first-order valence-corrected chi connectivity index (χ1v) is 3.48. The van der Waals surface area contributed by atoms with Crippen LogP contribution in [0.15, 0.2) is 0 Å². The number of carboxylic acid groups (broad SMARTS) is 1. The minimum Gasteiger partial charge on any atom is -0.465 e. The zero-order valence-electron chi connectivity index (χ0n) is 5.97. The van der Waals surface area contributed by atoms with Crippen LogP contribution in [-0.4, -0.2) is 45.2 Å². The van der Waals surface area contributed by atoms with Crippen LogP contribution < -0.4 is 0 Å². The van der Waals surface area contributed by atoms with E-state index in [1.807, 2.05) is 0 Å². The highest BCUT2D eigenvalue weighted by Gasteiger charge is 2.30. The molecule has 1 amide bonds. The van der Waals surface area contributed by atoms with E-state index in [0.29, 0.717) is 19.4 Å². The number of amides is 1. The van der Waals surface area contributed by atoms with E-state index in [0.717, 1.165) is 4.90 Å². The average Bonchev–Trinajstić information content (AvgIpc) is 1.94. The molecule has 64 valence electrons. The Morgan fingerprint density at radius 2 is 2.09 bits per heavy atom. The lowest BCUT2D eigenvalue weighted by Crippen LogP contribution is -2.50. The first kappa shape index (κ1) is 8.29. The lowest BCUT2D eigenvalue weighted by molar-refractivity contribution is -0.0934. The van der Waals surface area contributed by atoms with Crippen LogP contribution >= 0.6 is 0 Å². The fourth-order valence-electron chi connectivity index (χ4n) is 1.17. The smallest absolute Gasteiger partial charge is 0.409 e. The van der Waals surface area contributed by atoms with Gasteiger partial charge in [0.05, 0.1) is 6.10 Å². The van der Waals surface area contributed by atoms with Gasteiger partial charge in [0.1, 0.15) is 0 Å². The van der Waals surface area contributed by atoms with Crippen LogP contribution in [0.4, 0.5) is 4.79 Å². The highest BCUT2D eigenvalue weighted by Crippen LogP contribution is 2.15. The molecule has 0 spiro atoms. The van der Waals surface area contributed by atoms with Crippen LogP contribution in [0.25, 0.3) is 0 Å². The highest BCUT2D eigenvalue weighted by molar-refractivity contribution is 5.65. The van der Waals surface area contributed by atoms with Crippen molar-refractivity contribution in [2.45, 2.75) is 25.2 Å². The maximum absolute atomic E-state index is 10.4. The molecule has 2 unspecified atom stereocenters. The molecule has 1 aliphatic rings. The number of rotatable bonds is 0. The van der Waals surface area contributed by atoms with Gasteiger partial charge in [0.2, 0.25) is 0 Å². The Hall–Kier alpha value is -0.810. The molecule has 1 fully saturated rings. The van der Waals surface area contributed by atoms with E-state index < -0.39 is 18.4 Å². The number of aliphatic hydroxyl groups is 2. The quantitative estimate of drug-likeness (QED) is 0.445. The molecule has 3 N–H and O–H groups in total. The van der Waals surface area contributed by atoms with Gasteiger partial charge in [-0.05, 0) is 12.8 Å². The van der Waals surface area contributed by atoms with Gasteiger partial charge in [0, 0.05) is 6.54 Å². The SMILES string of the molecule is O=C(O)N1CCCC(O)C1O. The van der Waals surface area contributed by atoms with Gasteiger partial charge in [-0.25, -0.2) is 4.79 Å². The van der Waals surface area contributed by atoms with Crippen molar-refractivity contribution in [1.29, 1.82) is 0 Å². The summed E-state index contributed by atoms with van der Waals surface area (Å²) in [7, 11) is 0. The summed E-state index contributed by atoms with van der Waals surface area (Å²) in [6, 6.07) is 0. The minimum atomic E-state index is -1.25. The number of nitrogens with zero attached hydrogens (tertiary/aromatic N) is 1. The third kappa shape index (κ3) is 1.61. The molecule has 11 heavy (non-hydrogen) atoms. The van der Waals surface area contributed by atoms with Gasteiger partial charge in [-0.1, -0.05) is 0 Å². The maximum atomic E-state index is 10.4. The number of piperidine rings is 1. The summed E-state index contributed by atoms with van der Waals surface area (Å²) in [6.45, 7) is 0.299. The lowest BCUT2D eigenvalue weighted by Gasteiger charge is -2.33. The molecule has 0 saturated carbocycles. The summed E-state index contributed by atoms with van der Waals surface area (Å²) in [5, 5.41) is 26.6. The van der Waals surface area contributed by atoms with Gasteiger partial charge in [0.15, 0.2) is 6.23 Å². The lowest BCUT2D eigenvalue weighted by atomic mass is 10.1. The van der Waals surface area contributed by atoms with E-state index in [2.05, 4.69) is 0 Å². The molecule has 5 nitrogen and oxygen atoms in total. The molecule has 1 rings (SSSR count). The molecule has 1 aliphatic heterocycles. The van der Waals surface area contributed by atoms with E-state index in [-0.39, 0.29) is 0 Å². The van der Waals surface area contributed by atoms with Crippen molar-refractivity contribution in [3.63, 3.8) is 0 Å². The predicted molar refractivity (Wildman–Crippen MR) is 36.0 cm³/mol. The van der Waals surface area contributed by atoms with Crippen LogP contribution in [0.3, 0.4) is 0 Å². The monoisotopic (exact) mass is 161 g/mol. The van der Waals surface area contributed by atoms with Gasteiger partial charge in [-0.15, -0.1) is 0 Å². The molecule has 0 aromatic heterocycles. The number of hydrogen-bond donors (Lipinski definition) is 3. The second-order valence-electron chi connectivity index (χ2n) is 2.60. The minimum absolute atomic E-state index is 0.299. The molecule has 0 aromatic carbocycles. The van der Waals surface area contributed by atoms with E-state index in [9.17, 15) is 4.79 Å². The third-order valence-corrected chi connectivity index (χ3v) is 1.81. The Bertz CT molecular complexity index is 161. The molecule has 2 atom stereocenters. The van der Waals surface area contributed by atoms with Crippen molar-refractivity contribution in [1.82, 2.24) is 4.90 Å². The first-order chi connectivity index (χ1) is 5.13. The number of carbonyl (C=O) groups is 1. The zero-order valence-corrected chi connectivity index (χ0v) is 5.97. The highest BCUT2D eigenvalue weighted by atomic mass is 16.4. The Morgan fingerprint density at radius 3 is 2.55 bits per heavy atom. The fraction of sp³-hybridized carbons (Fsp3) is 0.833. The number of hydrogen-bond acceptors (Lipinski definition) is 3. The maximum Gasteiger partial charge on any atom is 0.409 e. The predicted octanol–water partition coefficient (Wildman–Crippen LogP) is -0.560. The summed E-state index contributed by atoms with van der Waals surface area (Å²) in [6.07, 6.45) is -2.30. The van der Waals surface area contributed by atoms with E-state index in [1.54, 1.807) is 0 Å². The molecule has 0 bridgehead atoms. The van der Waals surface area contributed by atoms with Crippen LogP contribution in [0.1, 0.15) is 12.8 Å². The van der Waals surface area contributed by atoms with Crippen LogP contribution in [-0.2, 0) is 0 Å². The summed E-state index contributed by atoms with van der Waals surface area (Å²) >= 11 is 0. The molecular formula is C6H11NO4.